The van der Waals surface area contributed by atoms with Crippen molar-refractivity contribution in [2.24, 2.45) is 23.1 Å². The van der Waals surface area contributed by atoms with Crippen molar-refractivity contribution >= 4 is 53.2 Å². The molecule has 0 aliphatic rings. The number of carbonyl (C=O) groups is 9. The molecule has 23 heteroatoms. The number of primary amides is 1. The van der Waals surface area contributed by atoms with Crippen molar-refractivity contribution in [3.8, 4) is 0 Å². The zero-order chi connectivity index (χ0) is 39.4. The molecule has 6 amide bonds. The molecule has 0 aromatic carbocycles. The molecule has 0 fully saturated rings. The van der Waals surface area contributed by atoms with Gasteiger partial charge >= 0.3 is 11.9 Å². The molecule has 0 aliphatic heterocycles. The number of carbonyl (C=O) groups excluding carboxylic acids is 7. The molecule has 1 heterocycles. The molecule has 1 aromatic rings. The van der Waals surface area contributed by atoms with Crippen LogP contribution in [0.4, 0.5) is 0 Å². The number of carboxylic acid groups (broad SMARTS) is 2. The predicted octanol–water partition coefficient (Wildman–Crippen LogP) is -6.54. The van der Waals surface area contributed by atoms with Crippen molar-refractivity contribution < 1.29 is 63.6 Å². The molecule has 290 valence electrons. The predicted molar refractivity (Wildman–Crippen MR) is 175 cm³/mol. The van der Waals surface area contributed by atoms with E-state index in [4.69, 9.17) is 22.3 Å². The fourth-order valence-corrected chi connectivity index (χ4v) is 4.50. The van der Waals surface area contributed by atoms with Gasteiger partial charge in [0.1, 0.15) is 24.2 Å². The summed E-state index contributed by atoms with van der Waals surface area (Å²) in [5.41, 5.74) is 16.4. The number of nitrogens with two attached hydrogens (primary N) is 3. The lowest BCUT2D eigenvalue weighted by atomic mass is 9.94. The Hall–Kier alpha value is -5.52. The molecule has 0 radical (unpaired) electrons. The molecule has 1 aromatic heterocycles. The third-order valence-electron chi connectivity index (χ3n) is 7.33. The van der Waals surface area contributed by atoms with Gasteiger partial charge in [-0.15, -0.1) is 0 Å². The molecule has 0 saturated heterocycles. The number of aliphatic carboxylic acids is 2. The number of carboxylic acids is 2. The van der Waals surface area contributed by atoms with Crippen LogP contribution in [0.5, 0.6) is 0 Å². The Morgan fingerprint density at radius 2 is 1.37 bits per heavy atom. The van der Waals surface area contributed by atoms with Gasteiger partial charge in [0.15, 0.2) is 5.78 Å². The number of aromatic nitrogens is 2. The van der Waals surface area contributed by atoms with Crippen LogP contribution in [0.1, 0.15) is 44.2 Å². The summed E-state index contributed by atoms with van der Waals surface area (Å²) in [6, 6.07) is -7.45. The molecular weight excluding hydrogens is 696 g/mol. The van der Waals surface area contributed by atoms with Crippen molar-refractivity contribution in [1.29, 1.82) is 0 Å². The fourth-order valence-electron chi connectivity index (χ4n) is 4.50. The quantitative estimate of drug-likeness (QED) is 0.0310. The number of aromatic amines is 1. The largest absolute Gasteiger partial charge is 0.480 e. The topological polar surface area (TPSA) is 401 Å². The summed E-state index contributed by atoms with van der Waals surface area (Å²) in [6.07, 6.45) is 1.76. The van der Waals surface area contributed by atoms with Crippen LogP contribution in [-0.2, 0) is 49.6 Å². The second-order valence-corrected chi connectivity index (χ2v) is 11.4. The number of aliphatic hydroxyl groups is 2. The van der Waals surface area contributed by atoms with Crippen LogP contribution in [-0.4, -0.2) is 140 Å². The highest BCUT2D eigenvalue weighted by atomic mass is 16.4. The first kappa shape index (κ1) is 44.5. The van der Waals surface area contributed by atoms with Gasteiger partial charge in [-0.25, -0.2) is 4.98 Å². The summed E-state index contributed by atoms with van der Waals surface area (Å²) >= 11 is 0. The van der Waals surface area contributed by atoms with E-state index in [0.717, 1.165) is 0 Å². The van der Waals surface area contributed by atoms with Crippen LogP contribution >= 0.6 is 0 Å². The lowest BCUT2D eigenvalue weighted by Crippen LogP contribution is -2.59. The number of nitrogens with zero attached hydrogens (tertiary/aromatic N) is 1. The third kappa shape index (κ3) is 15.6. The molecule has 5 atom stereocenters. The first-order valence-corrected chi connectivity index (χ1v) is 16.0. The number of imidazole rings is 1. The number of aliphatic hydroxyl groups excluding tert-OH is 2. The van der Waals surface area contributed by atoms with Crippen LogP contribution in [0.2, 0.25) is 0 Å². The maximum absolute atomic E-state index is 13.4. The Bertz CT molecular complexity index is 1390. The van der Waals surface area contributed by atoms with Crippen molar-refractivity contribution in [2.45, 2.75) is 75.2 Å². The van der Waals surface area contributed by atoms with Crippen LogP contribution in [0.3, 0.4) is 0 Å². The van der Waals surface area contributed by atoms with Gasteiger partial charge in [0.05, 0.1) is 25.6 Å². The normalized spacial score (nSPS) is 13.8. The average molecular weight is 743 g/mol. The molecule has 16 N–H and O–H groups in total. The number of rotatable bonds is 26. The third-order valence-corrected chi connectivity index (χ3v) is 7.33. The minimum Gasteiger partial charge on any atom is -0.480 e. The summed E-state index contributed by atoms with van der Waals surface area (Å²) < 4.78 is 0. The molecule has 0 saturated carbocycles. The second-order valence-electron chi connectivity index (χ2n) is 11.4. The molecule has 0 spiro atoms. The van der Waals surface area contributed by atoms with Crippen molar-refractivity contribution in [2.75, 3.05) is 26.3 Å². The maximum atomic E-state index is 13.4. The molecular formula is C29H46N10O13. The van der Waals surface area contributed by atoms with E-state index in [9.17, 15) is 58.5 Å². The number of amides is 6. The van der Waals surface area contributed by atoms with Crippen molar-refractivity contribution in [3.05, 3.63) is 18.2 Å². The molecule has 52 heavy (non-hydrogen) atoms. The number of nitrogens with one attached hydrogen (secondary N) is 6. The second kappa shape index (κ2) is 23.0. The van der Waals surface area contributed by atoms with Crippen LogP contribution in [0.15, 0.2) is 12.5 Å². The Kier molecular flexibility index (Phi) is 19.7. The standard InChI is InChI=1S/C29H46N10O13/c30-7-2-1-3-16(23(44)22(28(49)50)29(51)52)36-21(43)6-8-34-25(46)18(9-14-10-33-13-35-14)38-26(47)17(4-5-20(32)42)37-27(48)19(12-41)39-24(45)15(31)11-40/h10,13,15-19,22,40-41H,1-9,11-12,30-31H2,(H2,32,42)(H,33,35)(H,34,46)(H,36,43)(H,37,48)(H,38,47)(H,39,45)(H,49,50)(H,51,52)/t15-,16-,17-,18-,19-/m0/s1. The lowest BCUT2D eigenvalue weighted by molar-refractivity contribution is -0.159. The summed E-state index contributed by atoms with van der Waals surface area (Å²) in [4.78, 5) is 118. The molecule has 1 rings (SSSR count). The number of ketones is 1. The smallest absolute Gasteiger partial charge is 0.325 e. The monoisotopic (exact) mass is 742 g/mol. The van der Waals surface area contributed by atoms with Gasteiger partial charge in [-0.2, -0.15) is 0 Å². The van der Waals surface area contributed by atoms with Crippen molar-refractivity contribution in [3.63, 3.8) is 0 Å². The van der Waals surface area contributed by atoms with Gasteiger partial charge < -0.3 is 69.2 Å². The van der Waals surface area contributed by atoms with Gasteiger partial charge in [-0.3, -0.25) is 43.2 Å². The SMILES string of the molecule is NCCCC[C@H](NC(=O)CCNC(=O)[C@H](Cc1cnc[nH]1)NC(=O)[C@H](CCC(N)=O)NC(=O)[C@H](CO)NC(=O)[C@@H](N)CO)C(=O)C(C(=O)O)C(=O)O. The Morgan fingerprint density at radius 1 is 0.750 bits per heavy atom. The minimum absolute atomic E-state index is 0.0987. The van der Waals surface area contributed by atoms with E-state index < -0.39 is 115 Å². The van der Waals surface area contributed by atoms with Crippen LogP contribution < -0.4 is 43.8 Å². The molecule has 0 aliphatic carbocycles. The highest BCUT2D eigenvalue weighted by molar-refractivity contribution is 6.16. The van der Waals surface area contributed by atoms with Crippen molar-refractivity contribution in [1.82, 2.24) is 36.6 Å². The lowest BCUT2D eigenvalue weighted by Gasteiger charge is -2.25. The summed E-state index contributed by atoms with van der Waals surface area (Å²) in [5, 5.41) is 48.6. The van der Waals surface area contributed by atoms with Gasteiger partial charge in [0.2, 0.25) is 41.4 Å². The summed E-state index contributed by atoms with van der Waals surface area (Å²) in [5.74, 6) is -13.1. The zero-order valence-electron chi connectivity index (χ0n) is 28.0. The highest BCUT2D eigenvalue weighted by Gasteiger charge is 2.38. The van der Waals surface area contributed by atoms with E-state index in [-0.39, 0.29) is 38.8 Å². The van der Waals surface area contributed by atoms with E-state index in [2.05, 4.69) is 36.6 Å². The van der Waals surface area contributed by atoms with Gasteiger partial charge in [-0.1, -0.05) is 0 Å². The van der Waals surface area contributed by atoms with Gasteiger partial charge in [0, 0.05) is 37.7 Å². The van der Waals surface area contributed by atoms with Gasteiger partial charge in [-0.05, 0) is 32.2 Å². The minimum atomic E-state index is -2.43. The first-order valence-electron chi connectivity index (χ1n) is 16.0. The Balaban J connectivity index is 3.07. The van der Waals surface area contributed by atoms with E-state index in [1.807, 2.05) is 0 Å². The summed E-state index contributed by atoms with van der Waals surface area (Å²) in [6.45, 7) is -1.87. The molecule has 23 nitrogen and oxygen atoms in total. The maximum Gasteiger partial charge on any atom is 0.325 e. The van der Waals surface area contributed by atoms with Gasteiger partial charge in [0.25, 0.3) is 0 Å². The number of hydrogen-bond donors (Lipinski definition) is 13. The Morgan fingerprint density at radius 3 is 1.90 bits per heavy atom. The number of hydrogen-bond acceptors (Lipinski definition) is 14. The molecule has 0 unspecified atom stereocenters. The number of H-pyrrole nitrogens is 1. The number of unbranched alkanes of at least 4 members (excludes halogenated alkanes) is 1. The number of Topliss-reactive ketones (excluding diaryl/α,β-unsaturated/α-hetero) is 1. The fraction of sp³-hybridized carbons (Fsp3) is 0.586. The van der Waals surface area contributed by atoms with E-state index in [0.29, 0.717) is 12.1 Å². The van der Waals surface area contributed by atoms with E-state index in [1.165, 1.54) is 12.5 Å². The molecule has 0 bridgehead atoms. The van der Waals surface area contributed by atoms with E-state index >= 15 is 0 Å². The Labute approximate surface area is 296 Å². The zero-order valence-corrected chi connectivity index (χ0v) is 28.0. The van der Waals surface area contributed by atoms with Crippen LogP contribution in [0, 0.1) is 5.92 Å². The average Bonchev–Trinajstić information content (AvgIpc) is 3.60. The van der Waals surface area contributed by atoms with Crippen LogP contribution in [0.25, 0.3) is 0 Å². The van der Waals surface area contributed by atoms with E-state index in [1.54, 1.807) is 0 Å². The highest BCUT2D eigenvalue weighted by Crippen LogP contribution is 2.11. The summed E-state index contributed by atoms with van der Waals surface area (Å²) in [7, 11) is 0. The first-order chi connectivity index (χ1) is 24.6.